The average Bonchev–Trinajstić information content (AvgIpc) is 2.97. The summed E-state index contributed by atoms with van der Waals surface area (Å²) in [6, 6.07) is 11.2. The molecule has 68 valence electrons. The summed E-state index contributed by atoms with van der Waals surface area (Å²) in [6.45, 7) is 5.51. The van der Waals surface area contributed by atoms with Gasteiger partial charge in [-0.2, -0.15) is 0 Å². The number of benzene rings is 1. The van der Waals surface area contributed by atoms with Gasteiger partial charge >= 0.3 is 0 Å². The molecular weight excluding hydrogens is 158 g/mol. The van der Waals surface area contributed by atoms with Crippen molar-refractivity contribution in [3.05, 3.63) is 47.7 Å². The molecule has 1 heterocycles. The molecular formula is C12H15N. The number of hydrogen-bond acceptors (Lipinski definition) is 1. The average molecular weight is 173 g/mol. The molecule has 0 unspecified atom stereocenters. The maximum absolute atomic E-state index is 2.41. The van der Waals surface area contributed by atoms with Crippen molar-refractivity contribution in [1.29, 1.82) is 0 Å². The van der Waals surface area contributed by atoms with Gasteiger partial charge in [-0.05, 0) is 19.4 Å². The second kappa shape index (κ2) is 3.25. The third-order valence-corrected chi connectivity index (χ3v) is 2.68. The van der Waals surface area contributed by atoms with E-state index in [1.807, 2.05) is 0 Å². The second-order valence-electron chi connectivity index (χ2n) is 3.49. The first-order valence-corrected chi connectivity index (χ1v) is 4.79. The number of nitrogens with zero attached hydrogens (tertiary/aromatic N) is 1. The van der Waals surface area contributed by atoms with Gasteiger partial charge in [-0.1, -0.05) is 36.4 Å². The highest BCUT2D eigenvalue weighted by Crippen LogP contribution is 2.34. The molecule has 13 heavy (non-hydrogen) atoms. The van der Waals surface area contributed by atoms with Crippen LogP contribution in [0.15, 0.2) is 42.1 Å². The zero-order valence-electron chi connectivity index (χ0n) is 8.20. The van der Waals surface area contributed by atoms with Crippen molar-refractivity contribution in [3.63, 3.8) is 0 Å². The van der Waals surface area contributed by atoms with Gasteiger partial charge < -0.3 is 4.90 Å². The van der Waals surface area contributed by atoms with Crippen molar-refractivity contribution >= 4 is 0 Å². The molecule has 1 aromatic rings. The van der Waals surface area contributed by atoms with E-state index in [9.17, 15) is 0 Å². The molecule has 0 aliphatic carbocycles. The Morgan fingerprint density at radius 1 is 1.31 bits per heavy atom. The van der Waals surface area contributed by atoms with E-state index >= 15 is 0 Å². The maximum Gasteiger partial charge on any atom is 0.0579 e. The van der Waals surface area contributed by atoms with Crippen LogP contribution < -0.4 is 0 Å². The van der Waals surface area contributed by atoms with Crippen LogP contribution in [-0.2, 0) is 0 Å². The highest BCUT2D eigenvalue weighted by molar-refractivity contribution is 5.26. The van der Waals surface area contributed by atoms with E-state index in [1.54, 1.807) is 0 Å². The second-order valence-corrected chi connectivity index (χ2v) is 3.49. The zero-order chi connectivity index (χ0) is 9.26. The maximum atomic E-state index is 2.41. The van der Waals surface area contributed by atoms with E-state index in [0.29, 0.717) is 6.04 Å². The van der Waals surface area contributed by atoms with Crippen LogP contribution >= 0.6 is 0 Å². The van der Waals surface area contributed by atoms with Crippen LogP contribution in [0.4, 0.5) is 0 Å². The molecule has 1 fully saturated rings. The Balaban J connectivity index is 2.11. The van der Waals surface area contributed by atoms with E-state index in [-0.39, 0.29) is 0 Å². The smallest absolute Gasteiger partial charge is 0.0579 e. The SMILES string of the molecule is C/C=C1/CN1[C@@H](C)c1ccccc1. The quantitative estimate of drug-likeness (QED) is 0.621. The standard InChI is InChI=1S/C12H15N/c1-3-12-9-13(12)10(2)11-7-5-4-6-8-11/h3-8,10H,9H2,1-2H3/b12-3-/t10-,13?/m0/s1. The summed E-state index contributed by atoms with van der Waals surface area (Å²) < 4.78 is 0. The van der Waals surface area contributed by atoms with Gasteiger partial charge in [-0.15, -0.1) is 0 Å². The number of hydrogen-bond donors (Lipinski definition) is 0. The van der Waals surface area contributed by atoms with Crippen LogP contribution in [0, 0.1) is 0 Å². The Hall–Kier alpha value is -1.24. The van der Waals surface area contributed by atoms with Crippen LogP contribution in [0.3, 0.4) is 0 Å². The van der Waals surface area contributed by atoms with Crippen molar-refractivity contribution in [2.24, 2.45) is 0 Å². The monoisotopic (exact) mass is 173 g/mol. The van der Waals surface area contributed by atoms with Crippen molar-refractivity contribution < 1.29 is 0 Å². The molecule has 1 aromatic carbocycles. The summed E-state index contributed by atoms with van der Waals surface area (Å²) in [7, 11) is 0. The van der Waals surface area contributed by atoms with Crippen molar-refractivity contribution in [1.82, 2.24) is 4.90 Å². The van der Waals surface area contributed by atoms with Crippen LogP contribution in [0.5, 0.6) is 0 Å². The molecule has 1 atom stereocenters. The van der Waals surface area contributed by atoms with Crippen molar-refractivity contribution in [2.75, 3.05) is 6.54 Å². The van der Waals surface area contributed by atoms with Gasteiger partial charge in [-0.25, -0.2) is 0 Å². The first kappa shape index (κ1) is 8.36. The van der Waals surface area contributed by atoms with Gasteiger partial charge in [0.05, 0.1) is 12.6 Å². The van der Waals surface area contributed by atoms with Gasteiger partial charge in [0.15, 0.2) is 0 Å². The lowest BCUT2D eigenvalue weighted by atomic mass is 10.1. The molecule has 0 N–H and O–H groups in total. The van der Waals surface area contributed by atoms with E-state index in [4.69, 9.17) is 0 Å². The minimum absolute atomic E-state index is 0.535. The predicted molar refractivity (Wildman–Crippen MR) is 55.3 cm³/mol. The lowest BCUT2D eigenvalue weighted by Crippen LogP contribution is -2.03. The number of allylic oxidation sites excluding steroid dienone is 1. The van der Waals surface area contributed by atoms with Gasteiger partial charge in [0.25, 0.3) is 0 Å². The van der Waals surface area contributed by atoms with E-state index in [1.165, 1.54) is 11.3 Å². The van der Waals surface area contributed by atoms with E-state index in [0.717, 1.165) is 6.54 Å². The molecule has 0 saturated carbocycles. The Morgan fingerprint density at radius 3 is 2.54 bits per heavy atom. The molecule has 0 radical (unpaired) electrons. The van der Waals surface area contributed by atoms with Gasteiger partial charge in [-0.3, -0.25) is 0 Å². The fraction of sp³-hybridized carbons (Fsp3) is 0.333. The first-order valence-electron chi connectivity index (χ1n) is 4.79. The molecule has 1 aliphatic rings. The lowest BCUT2D eigenvalue weighted by molar-refractivity contribution is 0.463. The molecule has 1 aliphatic heterocycles. The fourth-order valence-corrected chi connectivity index (χ4v) is 1.69. The minimum atomic E-state index is 0.535. The molecule has 0 amide bonds. The first-order chi connectivity index (χ1) is 6.33. The molecule has 1 nitrogen and oxygen atoms in total. The molecule has 0 spiro atoms. The van der Waals surface area contributed by atoms with Crippen LogP contribution in [0.1, 0.15) is 25.5 Å². The lowest BCUT2D eigenvalue weighted by Gasteiger charge is -2.13. The summed E-state index contributed by atoms with van der Waals surface area (Å²) in [6.07, 6.45) is 2.19. The predicted octanol–water partition coefficient (Wildman–Crippen LogP) is 2.97. The largest absolute Gasteiger partial charge is 0.361 e. The normalized spacial score (nSPS) is 20.5. The summed E-state index contributed by atoms with van der Waals surface area (Å²) in [5.41, 5.74) is 2.87. The van der Waals surface area contributed by atoms with Crippen molar-refractivity contribution in [2.45, 2.75) is 19.9 Å². The topological polar surface area (TPSA) is 3.01 Å². The third-order valence-electron chi connectivity index (χ3n) is 2.68. The zero-order valence-corrected chi connectivity index (χ0v) is 8.20. The van der Waals surface area contributed by atoms with Crippen LogP contribution in [-0.4, -0.2) is 11.4 Å². The molecule has 0 aromatic heterocycles. The Morgan fingerprint density at radius 2 is 2.00 bits per heavy atom. The molecule has 1 saturated heterocycles. The molecule has 0 bridgehead atoms. The van der Waals surface area contributed by atoms with Gasteiger partial charge in [0.2, 0.25) is 0 Å². The fourth-order valence-electron chi connectivity index (χ4n) is 1.69. The Kier molecular flexibility index (Phi) is 2.09. The van der Waals surface area contributed by atoms with Crippen molar-refractivity contribution in [3.8, 4) is 0 Å². The third kappa shape index (κ3) is 1.59. The summed E-state index contributed by atoms with van der Waals surface area (Å²) >= 11 is 0. The van der Waals surface area contributed by atoms with Gasteiger partial charge in [0.1, 0.15) is 0 Å². The van der Waals surface area contributed by atoms with Gasteiger partial charge in [0, 0.05) is 5.70 Å². The summed E-state index contributed by atoms with van der Waals surface area (Å²) in [5, 5.41) is 0. The summed E-state index contributed by atoms with van der Waals surface area (Å²) in [4.78, 5) is 2.41. The Bertz CT molecular complexity index is 313. The minimum Gasteiger partial charge on any atom is -0.361 e. The van der Waals surface area contributed by atoms with E-state index < -0.39 is 0 Å². The molecule has 1 heteroatoms. The molecule has 2 rings (SSSR count). The van der Waals surface area contributed by atoms with E-state index in [2.05, 4.69) is 55.2 Å². The highest BCUT2D eigenvalue weighted by atomic mass is 15.3. The Labute approximate surface area is 79.7 Å². The highest BCUT2D eigenvalue weighted by Gasteiger charge is 2.29. The number of rotatable bonds is 2. The van der Waals surface area contributed by atoms with Crippen LogP contribution in [0.25, 0.3) is 0 Å². The summed E-state index contributed by atoms with van der Waals surface area (Å²) in [5.74, 6) is 0. The van der Waals surface area contributed by atoms with Crippen LogP contribution in [0.2, 0.25) is 0 Å².